The molecule has 2 nitrogen and oxygen atoms in total. The molecule has 2 N–H and O–H groups in total. The molecule has 0 aliphatic carbocycles. The second-order valence-corrected chi connectivity index (χ2v) is 5.13. The second kappa shape index (κ2) is 6.16. The highest BCUT2D eigenvalue weighted by Crippen LogP contribution is 2.31. The van der Waals surface area contributed by atoms with Crippen LogP contribution in [0, 0.1) is 0 Å². The zero-order valence-electron chi connectivity index (χ0n) is 9.18. The minimum absolute atomic E-state index is 0.213. The highest BCUT2D eigenvalue weighted by Gasteiger charge is 2.10. The molecule has 0 aromatic heterocycles. The fourth-order valence-electron chi connectivity index (χ4n) is 1.39. The van der Waals surface area contributed by atoms with Gasteiger partial charge in [0.05, 0.1) is 6.10 Å². The van der Waals surface area contributed by atoms with Crippen molar-refractivity contribution in [3.8, 4) is 0 Å². The van der Waals surface area contributed by atoms with E-state index in [1.165, 1.54) is 0 Å². The van der Waals surface area contributed by atoms with Crippen LogP contribution in [0.25, 0.3) is 0 Å². The summed E-state index contributed by atoms with van der Waals surface area (Å²) in [5.74, 6) is 0. The molecular weight excluding hydrogens is 208 g/mol. The van der Waals surface area contributed by atoms with E-state index in [9.17, 15) is 5.11 Å². The number of aliphatic hydroxyl groups is 2. The van der Waals surface area contributed by atoms with Crippen molar-refractivity contribution in [1.82, 2.24) is 0 Å². The number of thioether (sulfide) groups is 1. The average Bonchev–Trinajstić information content (AvgIpc) is 2.18. The number of benzene rings is 1. The summed E-state index contributed by atoms with van der Waals surface area (Å²) >= 11 is 1.70. The highest BCUT2D eigenvalue weighted by atomic mass is 32.2. The van der Waals surface area contributed by atoms with Gasteiger partial charge >= 0.3 is 0 Å². The van der Waals surface area contributed by atoms with Crippen molar-refractivity contribution >= 4 is 11.8 Å². The van der Waals surface area contributed by atoms with Crippen molar-refractivity contribution in [2.45, 2.75) is 36.5 Å². The Morgan fingerprint density at radius 2 is 1.93 bits per heavy atom. The van der Waals surface area contributed by atoms with E-state index in [1.807, 2.05) is 24.3 Å². The predicted octanol–water partition coefficient (Wildman–Crippen LogP) is 2.60. The normalized spacial score (nSPS) is 14.9. The maximum Gasteiger partial charge on any atom is 0.0772 e. The summed E-state index contributed by atoms with van der Waals surface area (Å²) in [5.41, 5.74) is 0.965. The molecule has 2 atom stereocenters. The van der Waals surface area contributed by atoms with E-state index >= 15 is 0 Å². The van der Waals surface area contributed by atoms with Crippen LogP contribution in [0.15, 0.2) is 29.2 Å². The fourth-order valence-corrected chi connectivity index (χ4v) is 2.58. The molecule has 0 aliphatic rings. The molecule has 15 heavy (non-hydrogen) atoms. The topological polar surface area (TPSA) is 40.5 Å². The van der Waals surface area contributed by atoms with E-state index < -0.39 is 6.10 Å². The highest BCUT2D eigenvalue weighted by molar-refractivity contribution is 8.00. The van der Waals surface area contributed by atoms with Crippen LogP contribution in [-0.4, -0.2) is 22.1 Å². The Morgan fingerprint density at radius 3 is 2.53 bits per heavy atom. The Balaban J connectivity index is 2.75. The standard InChI is InChI=1S/C12H18O2S/c1-9(7-8-13)15-12-6-4-3-5-11(12)10(2)14/h3-6,9-10,13-14H,7-8H2,1-2H3. The minimum Gasteiger partial charge on any atom is -0.396 e. The molecule has 0 radical (unpaired) electrons. The average molecular weight is 226 g/mol. The zero-order chi connectivity index (χ0) is 11.3. The molecule has 1 rings (SSSR count). The molecule has 0 amide bonds. The maximum absolute atomic E-state index is 9.58. The van der Waals surface area contributed by atoms with E-state index in [4.69, 9.17) is 5.11 Å². The third-order valence-corrected chi connectivity index (χ3v) is 3.50. The van der Waals surface area contributed by atoms with Crippen LogP contribution in [0.1, 0.15) is 31.9 Å². The van der Waals surface area contributed by atoms with E-state index in [0.29, 0.717) is 5.25 Å². The van der Waals surface area contributed by atoms with Gasteiger partial charge in [-0.1, -0.05) is 25.1 Å². The number of aliphatic hydroxyl groups excluding tert-OH is 2. The van der Waals surface area contributed by atoms with Gasteiger partial charge in [0, 0.05) is 16.8 Å². The molecule has 0 aliphatic heterocycles. The largest absolute Gasteiger partial charge is 0.396 e. The molecule has 84 valence electrons. The first-order valence-corrected chi connectivity index (χ1v) is 6.07. The van der Waals surface area contributed by atoms with E-state index in [2.05, 4.69) is 6.92 Å². The molecule has 2 unspecified atom stereocenters. The van der Waals surface area contributed by atoms with Crippen LogP contribution in [0.2, 0.25) is 0 Å². The van der Waals surface area contributed by atoms with Gasteiger partial charge in [-0.05, 0) is 25.0 Å². The second-order valence-electron chi connectivity index (χ2n) is 3.65. The van der Waals surface area contributed by atoms with Crippen LogP contribution >= 0.6 is 11.8 Å². The Labute approximate surface area is 95.3 Å². The third-order valence-electron chi connectivity index (χ3n) is 2.23. The summed E-state index contributed by atoms with van der Waals surface area (Å²) in [5, 5.41) is 18.8. The van der Waals surface area contributed by atoms with Gasteiger partial charge in [-0.25, -0.2) is 0 Å². The molecule has 1 aromatic carbocycles. The molecule has 0 saturated heterocycles. The van der Waals surface area contributed by atoms with Crippen LogP contribution in [0.5, 0.6) is 0 Å². The van der Waals surface area contributed by atoms with Crippen LogP contribution in [0.3, 0.4) is 0 Å². The lowest BCUT2D eigenvalue weighted by Gasteiger charge is -2.14. The Morgan fingerprint density at radius 1 is 1.27 bits per heavy atom. The summed E-state index contributed by atoms with van der Waals surface area (Å²) in [7, 11) is 0. The maximum atomic E-state index is 9.58. The van der Waals surface area contributed by atoms with Gasteiger partial charge in [0.25, 0.3) is 0 Å². The Hall–Kier alpha value is -0.510. The lowest BCUT2D eigenvalue weighted by molar-refractivity contribution is 0.196. The van der Waals surface area contributed by atoms with Crippen molar-refractivity contribution in [2.24, 2.45) is 0 Å². The van der Waals surface area contributed by atoms with Gasteiger partial charge in [-0.15, -0.1) is 11.8 Å². The van der Waals surface area contributed by atoms with Gasteiger partial charge in [0.1, 0.15) is 0 Å². The summed E-state index contributed by atoms with van der Waals surface area (Å²) in [6, 6.07) is 7.86. The Bertz CT molecular complexity index is 299. The van der Waals surface area contributed by atoms with Crippen molar-refractivity contribution in [3.63, 3.8) is 0 Å². The predicted molar refractivity (Wildman–Crippen MR) is 64.1 cm³/mol. The van der Waals surface area contributed by atoms with Crippen molar-refractivity contribution < 1.29 is 10.2 Å². The molecule has 0 heterocycles. The molecule has 3 heteroatoms. The van der Waals surface area contributed by atoms with Gasteiger partial charge in [-0.2, -0.15) is 0 Å². The molecule has 0 bridgehead atoms. The van der Waals surface area contributed by atoms with Gasteiger partial charge in [-0.3, -0.25) is 0 Å². The molecule has 0 saturated carbocycles. The van der Waals surface area contributed by atoms with Crippen LogP contribution in [0.4, 0.5) is 0 Å². The SMILES string of the molecule is CC(CCO)Sc1ccccc1C(C)O. The smallest absolute Gasteiger partial charge is 0.0772 e. The molecule has 0 fully saturated rings. The summed E-state index contributed by atoms with van der Waals surface area (Å²) in [6.45, 7) is 4.07. The molecule has 1 aromatic rings. The van der Waals surface area contributed by atoms with Crippen LogP contribution < -0.4 is 0 Å². The van der Waals surface area contributed by atoms with Gasteiger partial charge in [0.2, 0.25) is 0 Å². The van der Waals surface area contributed by atoms with E-state index in [-0.39, 0.29) is 6.61 Å². The van der Waals surface area contributed by atoms with Crippen LogP contribution in [-0.2, 0) is 0 Å². The first-order valence-electron chi connectivity index (χ1n) is 5.19. The first-order chi connectivity index (χ1) is 7.15. The summed E-state index contributed by atoms with van der Waals surface area (Å²) in [6.07, 6.45) is 0.341. The molecule has 0 spiro atoms. The van der Waals surface area contributed by atoms with Crippen molar-refractivity contribution in [3.05, 3.63) is 29.8 Å². The van der Waals surface area contributed by atoms with Gasteiger partial charge in [0.15, 0.2) is 0 Å². The summed E-state index contributed by atoms with van der Waals surface area (Å²) in [4.78, 5) is 1.11. The van der Waals surface area contributed by atoms with Crippen molar-refractivity contribution in [1.29, 1.82) is 0 Å². The third kappa shape index (κ3) is 3.86. The number of hydrogen-bond acceptors (Lipinski definition) is 3. The number of rotatable bonds is 5. The molecular formula is C12H18O2S. The van der Waals surface area contributed by atoms with Gasteiger partial charge < -0.3 is 10.2 Å². The first kappa shape index (κ1) is 12.6. The monoisotopic (exact) mass is 226 g/mol. The number of hydrogen-bond donors (Lipinski definition) is 2. The summed E-state index contributed by atoms with van der Waals surface area (Å²) < 4.78 is 0. The van der Waals surface area contributed by atoms with E-state index in [0.717, 1.165) is 16.9 Å². The lowest BCUT2D eigenvalue weighted by Crippen LogP contribution is -2.01. The van der Waals surface area contributed by atoms with E-state index in [1.54, 1.807) is 18.7 Å². The fraction of sp³-hybridized carbons (Fsp3) is 0.500. The Kier molecular flexibility index (Phi) is 5.15. The van der Waals surface area contributed by atoms with Crippen molar-refractivity contribution in [2.75, 3.05) is 6.61 Å². The zero-order valence-corrected chi connectivity index (χ0v) is 10.00. The minimum atomic E-state index is -0.435. The quantitative estimate of drug-likeness (QED) is 0.758. The lowest BCUT2D eigenvalue weighted by atomic mass is 10.1.